The van der Waals surface area contributed by atoms with Crippen LogP contribution in [0, 0.1) is 17.2 Å². The number of nitriles is 1. The lowest BCUT2D eigenvalue weighted by Crippen LogP contribution is -2.14. The molecule has 0 bridgehead atoms. The van der Waals surface area contributed by atoms with E-state index in [4.69, 9.17) is 9.47 Å². The third kappa shape index (κ3) is 4.25. The molecule has 2 aromatic rings. The molecule has 0 radical (unpaired) electrons. The summed E-state index contributed by atoms with van der Waals surface area (Å²) in [4.78, 5) is 17.3. The van der Waals surface area contributed by atoms with Gasteiger partial charge >= 0.3 is 0 Å². The number of ether oxygens (including phenoxy) is 2. The Bertz CT molecular complexity index is 905. The first-order valence-corrected chi connectivity index (χ1v) is 9.85. The molecule has 0 spiro atoms. The van der Waals surface area contributed by atoms with Crippen molar-refractivity contribution in [2.45, 2.75) is 31.2 Å². The van der Waals surface area contributed by atoms with Gasteiger partial charge in [-0.25, -0.2) is 4.98 Å². The number of thioether (sulfide) groups is 1. The van der Waals surface area contributed by atoms with Crippen molar-refractivity contribution in [3.8, 4) is 17.6 Å². The van der Waals surface area contributed by atoms with Gasteiger partial charge in [-0.3, -0.25) is 4.79 Å². The number of rotatable bonds is 6. The van der Waals surface area contributed by atoms with E-state index in [1.54, 1.807) is 25.3 Å². The Labute approximate surface area is 163 Å². The van der Waals surface area contributed by atoms with E-state index in [2.05, 4.69) is 18.0 Å². The topological polar surface area (TPSA) is 72.2 Å². The standard InChI is InChI=1S/C21H22N2O3S/c1-13-4-6-17-15(8-13)9-16(11-22)21(23-17)27-12-18(24)14-5-7-19(25-2)20(10-14)26-3/h5,7,9-10,13H,4,6,8,12H2,1-3H3. The van der Waals surface area contributed by atoms with Gasteiger partial charge < -0.3 is 9.47 Å². The summed E-state index contributed by atoms with van der Waals surface area (Å²) in [6, 6.07) is 9.28. The van der Waals surface area contributed by atoms with Crippen LogP contribution in [0.2, 0.25) is 0 Å². The molecule has 6 heteroatoms. The maximum absolute atomic E-state index is 12.6. The van der Waals surface area contributed by atoms with Crippen molar-refractivity contribution in [3.63, 3.8) is 0 Å². The number of carbonyl (C=O) groups excluding carboxylic acids is 1. The highest BCUT2D eigenvalue weighted by Gasteiger charge is 2.20. The van der Waals surface area contributed by atoms with Crippen molar-refractivity contribution in [3.05, 3.63) is 46.6 Å². The number of carbonyl (C=O) groups is 1. The zero-order chi connectivity index (χ0) is 19.4. The molecule has 1 aromatic carbocycles. The van der Waals surface area contributed by atoms with Crippen LogP contribution in [-0.2, 0) is 12.8 Å². The molecular weight excluding hydrogens is 360 g/mol. The Kier molecular flexibility index (Phi) is 6.02. The molecule has 0 aliphatic heterocycles. The van der Waals surface area contributed by atoms with Gasteiger partial charge in [0, 0.05) is 11.3 Å². The van der Waals surface area contributed by atoms with Gasteiger partial charge in [0.25, 0.3) is 0 Å². The fourth-order valence-corrected chi connectivity index (χ4v) is 4.11. The molecule has 1 heterocycles. The number of fused-ring (bicyclic) bond motifs is 1. The number of aromatic nitrogens is 1. The van der Waals surface area contributed by atoms with Crippen molar-refractivity contribution in [1.29, 1.82) is 5.26 Å². The van der Waals surface area contributed by atoms with E-state index in [-0.39, 0.29) is 11.5 Å². The number of hydrogen-bond donors (Lipinski definition) is 0. The first kappa shape index (κ1) is 19.2. The van der Waals surface area contributed by atoms with E-state index >= 15 is 0 Å². The van der Waals surface area contributed by atoms with Crippen molar-refractivity contribution in [2.24, 2.45) is 5.92 Å². The van der Waals surface area contributed by atoms with Crippen LogP contribution in [0.15, 0.2) is 29.3 Å². The number of hydrogen-bond acceptors (Lipinski definition) is 6. The summed E-state index contributed by atoms with van der Waals surface area (Å²) in [5.74, 6) is 1.90. The first-order valence-electron chi connectivity index (χ1n) is 8.86. The highest BCUT2D eigenvalue weighted by Crippen LogP contribution is 2.31. The van der Waals surface area contributed by atoms with Gasteiger partial charge in [-0.05, 0) is 55.0 Å². The van der Waals surface area contributed by atoms with Crippen LogP contribution in [0.5, 0.6) is 11.5 Å². The molecule has 0 N–H and O–H groups in total. The molecule has 1 aliphatic carbocycles. The second-order valence-corrected chi connectivity index (χ2v) is 7.65. The van der Waals surface area contributed by atoms with Crippen molar-refractivity contribution in [1.82, 2.24) is 4.98 Å². The lowest BCUT2D eigenvalue weighted by molar-refractivity contribution is 0.102. The van der Waals surface area contributed by atoms with Gasteiger partial charge in [0.2, 0.25) is 0 Å². The van der Waals surface area contributed by atoms with Crippen LogP contribution < -0.4 is 9.47 Å². The predicted octanol–water partition coefficient (Wildman–Crippen LogP) is 4.07. The van der Waals surface area contributed by atoms with Crippen molar-refractivity contribution >= 4 is 17.5 Å². The third-order valence-corrected chi connectivity index (χ3v) is 5.76. The normalized spacial score (nSPS) is 15.6. The van der Waals surface area contributed by atoms with E-state index in [0.29, 0.717) is 33.6 Å². The molecular formula is C21H22N2O3S. The minimum absolute atomic E-state index is 0.0435. The van der Waals surface area contributed by atoms with E-state index < -0.39 is 0 Å². The fourth-order valence-electron chi connectivity index (χ4n) is 3.24. The van der Waals surface area contributed by atoms with Crippen LogP contribution in [-0.4, -0.2) is 30.7 Å². The Morgan fingerprint density at radius 1 is 1.30 bits per heavy atom. The molecule has 0 amide bonds. The van der Waals surface area contributed by atoms with Gasteiger partial charge in [0.15, 0.2) is 17.3 Å². The van der Waals surface area contributed by atoms with Crippen LogP contribution in [0.25, 0.3) is 0 Å². The van der Waals surface area contributed by atoms with E-state index in [1.165, 1.54) is 24.4 Å². The number of nitrogens with zero attached hydrogens (tertiary/aromatic N) is 2. The predicted molar refractivity (Wildman–Crippen MR) is 105 cm³/mol. The molecule has 5 nitrogen and oxygen atoms in total. The number of methoxy groups -OCH3 is 2. The quantitative estimate of drug-likeness (QED) is 0.554. The molecule has 1 aromatic heterocycles. The molecule has 0 fully saturated rings. The van der Waals surface area contributed by atoms with Gasteiger partial charge in [0.1, 0.15) is 11.1 Å². The van der Waals surface area contributed by atoms with Crippen molar-refractivity contribution < 1.29 is 14.3 Å². The Hall–Kier alpha value is -2.52. The number of aryl methyl sites for hydroxylation is 1. The largest absolute Gasteiger partial charge is 0.493 e. The monoisotopic (exact) mass is 382 g/mol. The molecule has 140 valence electrons. The van der Waals surface area contributed by atoms with Gasteiger partial charge in [0.05, 0.1) is 25.5 Å². The van der Waals surface area contributed by atoms with Crippen molar-refractivity contribution in [2.75, 3.05) is 20.0 Å². The van der Waals surface area contributed by atoms with Gasteiger partial charge in [-0.1, -0.05) is 18.7 Å². The maximum Gasteiger partial charge on any atom is 0.173 e. The molecule has 0 saturated carbocycles. The zero-order valence-electron chi connectivity index (χ0n) is 15.7. The lowest BCUT2D eigenvalue weighted by Gasteiger charge is -2.21. The summed E-state index contributed by atoms with van der Waals surface area (Å²) in [6.07, 6.45) is 3.01. The molecule has 1 unspecified atom stereocenters. The Morgan fingerprint density at radius 3 is 2.78 bits per heavy atom. The minimum atomic E-state index is -0.0435. The van der Waals surface area contributed by atoms with Gasteiger partial charge in [-0.15, -0.1) is 0 Å². The number of Topliss-reactive ketones (excluding diaryl/α,β-unsaturated/α-hetero) is 1. The van der Waals surface area contributed by atoms with E-state index in [9.17, 15) is 10.1 Å². The summed E-state index contributed by atoms with van der Waals surface area (Å²) in [7, 11) is 3.10. The highest BCUT2D eigenvalue weighted by molar-refractivity contribution is 8.00. The fraction of sp³-hybridized carbons (Fsp3) is 0.381. The maximum atomic E-state index is 12.6. The Balaban J connectivity index is 1.77. The second-order valence-electron chi connectivity index (χ2n) is 6.69. The molecule has 27 heavy (non-hydrogen) atoms. The first-order chi connectivity index (χ1) is 13.0. The molecule has 1 aliphatic rings. The lowest BCUT2D eigenvalue weighted by atomic mass is 9.87. The number of ketones is 1. The van der Waals surface area contributed by atoms with Gasteiger partial charge in [-0.2, -0.15) is 5.26 Å². The number of benzene rings is 1. The summed E-state index contributed by atoms with van der Waals surface area (Å²) >= 11 is 1.32. The molecule has 0 saturated heterocycles. The Morgan fingerprint density at radius 2 is 2.07 bits per heavy atom. The highest BCUT2D eigenvalue weighted by atomic mass is 32.2. The average molecular weight is 382 g/mol. The third-order valence-electron chi connectivity index (χ3n) is 4.76. The summed E-state index contributed by atoms with van der Waals surface area (Å²) in [6.45, 7) is 2.22. The second kappa shape index (κ2) is 8.45. The zero-order valence-corrected chi connectivity index (χ0v) is 16.6. The summed E-state index contributed by atoms with van der Waals surface area (Å²) in [5.41, 5.74) is 3.33. The average Bonchev–Trinajstić information content (AvgIpc) is 2.70. The molecule has 3 rings (SSSR count). The van der Waals surface area contributed by atoms with Crippen LogP contribution in [0.1, 0.15) is 40.5 Å². The summed E-state index contributed by atoms with van der Waals surface area (Å²) < 4.78 is 10.5. The SMILES string of the molecule is COc1ccc(C(=O)CSc2nc3c(cc2C#N)CC(C)CC3)cc1OC. The van der Waals surface area contributed by atoms with E-state index in [0.717, 1.165) is 25.0 Å². The smallest absolute Gasteiger partial charge is 0.173 e. The van der Waals surface area contributed by atoms with Crippen LogP contribution in [0.3, 0.4) is 0 Å². The van der Waals surface area contributed by atoms with Crippen LogP contribution >= 0.6 is 11.8 Å². The van der Waals surface area contributed by atoms with E-state index in [1.807, 2.05) is 6.07 Å². The number of pyridine rings is 1. The minimum Gasteiger partial charge on any atom is -0.493 e. The molecule has 1 atom stereocenters. The van der Waals surface area contributed by atoms with Crippen LogP contribution in [0.4, 0.5) is 0 Å². The summed E-state index contributed by atoms with van der Waals surface area (Å²) in [5, 5.41) is 10.1.